The van der Waals surface area contributed by atoms with Crippen LogP contribution in [0.4, 0.5) is 23.5 Å². The zero-order valence-corrected chi connectivity index (χ0v) is 9.08. The van der Waals surface area contributed by atoms with Gasteiger partial charge in [-0.1, -0.05) is 18.2 Å². The summed E-state index contributed by atoms with van der Waals surface area (Å²) < 4.78 is 49.2. The minimum Gasteiger partial charge on any atom is -0.348 e. The fourth-order valence-electron chi connectivity index (χ4n) is 1.33. The molecule has 1 aromatic carbocycles. The van der Waals surface area contributed by atoms with Gasteiger partial charge in [0.25, 0.3) is 0 Å². The van der Waals surface area contributed by atoms with Crippen molar-refractivity contribution < 1.29 is 17.6 Å². The van der Waals surface area contributed by atoms with Crippen LogP contribution in [0.1, 0.15) is 0 Å². The van der Waals surface area contributed by atoms with E-state index in [0.29, 0.717) is 5.52 Å². The highest BCUT2D eigenvalue weighted by Gasteiger charge is 2.40. The number of rotatable bonds is 4. The van der Waals surface area contributed by atoms with E-state index in [2.05, 4.69) is 15.3 Å². The Balaban J connectivity index is 2.13. The first kappa shape index (κ1) is 12.5. The van der Waals surface area contributed by atoms with Crippen molar-refractivity contribution in [3.63, 3.8) is 0 Å². The van der Waals surface area contributed by atoms with Crippen LogP contribution in [0.25, 0.3) is 10.9 Å². The summed E-state index contributed by atoms with van der Waals surface area (Å²) in [7, 11) is 0. The van der Waals surface area contributed by atoms with Crippen LogP contribution in [0.2, 0.25) is 0 Å². The third-order valence-electron chi connectivity index (χ3n) is 2.29. The zero-order chi connectivity index (χ0) is 13.2. The monoisotopic (exact) mass is 259 g/mol. The smallest absolute Gasteiger partial charge is 0.324 e. The second kappa shape index (κ2) is 4.75. The van der Waals surface area contributed by atoms with Gasteiger partial charge >= 0.3 is 12.3 Å². The Morgan fingerprint density at radius 3 is 2.67 bits per heavy atom. The number of aromatic nitrogens is 2. The van der Waals surface area contributed by atoms with Crippen LogP contribution in [0, 0.1) is 0 Å². The Morgan fingerprint density at radius 1 is 1.22 bits per heavy atom. The predicted octanol–water partition coefficient (Wildman–Crippen LogP) is 2.94. The highest BCUT2D eigenvalue weighted by molar-refractivity contribution is 5.78. The number of halogens is 4. The molecule has 2 rings (SSSR count). The summed E-state index contributed by atoms with van der Waals surface area (Å²) in [5.41, 5.74) is 0.551. The molecule has 0 amide bonds. The topological polar surface area (TPSA) is 37.8 Å². The number of anilines is 1. The fraction of sp³-hybridized carbons (Fsp3) is 0.273. The van der Waals surface area contributed by atoms with Gasteiger partial charge in [0.2, 0.25) is 5.95 Å². The summed E-state index contributed by atoms with van der Waals surface area (Å²) in [5.74, 6) is -4.20. The van der Waals surface area contributed by atoms with Crippen LogP contribution in [-0.2, 0) is 0 Å². The lowest BCUT2D eigenvalue weighted by Crippen LogP contribution is -2.35. The number of benzene rings is 1. The molecule has 3 nitrogen and oxygen atoms in total. The third-order valence-corrected chi connectivity index (χ3v) is 2.29. The summed E-state index contributed by atoms with van der Waals surface area (Å²) in [4.78, 5) is 7.71. The van der Waals surface area contributed by atoms with E-state index in [4.69, 9.17) is 0 Å². The molecule has 96 valence electrons. The summed E-state index contributed by atoms with van der Waals surface area (Å²) >= 11 is 0. The Hall–Kier alpha value is -1.92. The minimum atomic E-state index is -4.10. The van der Waals surface area contributed by atoms with Gasteiger partial charge in [0.05, 0.1) is 12.1 Å². The molecule has 1 heterocycles. The maximum Gasteiger partial charge on any atom is 0.324 e. The van der Waals surface area contributed by atoms with E-state index in [0.717, 1.165) is 5.39 Å². The van der Waals surface area contributed by atoms with Gasteiger partial charge in [0.15, 0.2) is 0 Å². The number of hydrogen-bond acceptors (Lipinski definition) is 3. The molecule has 0 saturated carbocycles. The van der Waals surface area contributed by atoms with Crippen molar-refractivity contribution in [2.45, 2.75) is 12.3 Å². The SMILES string of the molecule is FC(F)C(F)(F)CNc1ncc2ccccc2n1. The molecule has 0 saturated heterocycles. The maximum atomic E-state index is 12.7. The Kier molecular flexibility index (Phi) is 3.31. The van der Waals surface area contributed by atoms with Crippen LogP contribution < -0.4 is 5.32 Å². The van der Waals surface area contributed by atoms with Crippen LogP contribution in [-0.4, -0.2) is 28.9 Å². The highest BCUT2D eigenvalue weighted by Crippen LogP contribution is 2.23. The minimum absolute atomic E-state index is 0.103. The molecule has 0 aliphatic heterocycles. The van der Waals surface area contributed by atoms with E-state index < -0.39 is 18.9 Å². The van der Waals surface area contributed by atoms with Gasteiger partial charge in [-0.2, -0.15) is 8.78 Å². The molecule has 1 aromatic heterocycles. The summed E-state index contributed by atoms with van der Waals surface area (Å²) in [5, 5.41) is 2.85. The lowest BCUT2D eigenvalue weighted by molar-refractivity contribution is -0.117. The standard InChI is InChI=1S/C11H9F4N3/c12-9(13)11(14,15)6-17-10-16-5-7-3-1-2-4-8(7)18-10/h1-5,9H,6H2,(H,16,17,18). The van der Waals surface area contributed by atoms with Crippen molar-refractivity contribution in [1.29, 1.82) is 0 Å². The third kappa shape index (κ3) is 2.66. The van der Waals surface area contributed by atoms with Crippen molar-refractivity contribution in [2.75, 3.05) is 11.9 Å². The van der Waals surface area contributed by atoms with E-state index in [-0.39, 0.29) is 5.95 Å². The van der Waals surface area contributed by atoms with E-state index >= 15 is 0 Å². The van der Waals surface area contributed by atoms with Crippen molar-refractivity contribution in [3.8, 4) is 0 Å². The number of nitrogens with zero attached hydrogens (tertiary/aromatic N) is 2. The lowest BCUT2D eigenvalue weighted by atomic mass is 10.2. The molecule has 0 aliphatic carbocycles. The molecule has 2 aromatic rings. The Labute approximate surface area is 99.9 Å². The normalized spacial score (nSPS) is 12.1. The van der Waals surface area contributed by atoms with Crippen molar-refractivity contribution in [3.05, 3.63) is 30.5 Å². The molecule has 0 atom stereocenters. The summed E-state index contributed by atoms with van der Waals surface area (Å²) in [6.07, 6.45) is -2.28. The second-order valence-corrected chi connectivity index (χ2v) is 3.67. The van der Waals surface area contributed by atoms with Gasteiger partial charge in [-0.25, -0.2) is 18.7 Å². The highest BCUT2D eigenvalue weighted by atomic mass is 19.3. The first-order valence-electron chi connectivity index (χ1n) is 5.11. The van der Waals surface area contributed by atoms with Gasteiger partial charge in [-0.3, -0.25) is 0 Å². The van der Waals surface area contributed by atoms with Crippen molar-refractivity contribution in [1.82, 2.24) is 9.97 Å². The van der Waals surface area contributed by atoms with Gasteiger partial charge in [-0.15, -0.1) is 0 Å². The molecular weight excluding hydrogens is 250 g/mol. The largest absolute Gasteiger partial charge is 0.348 e. The van der Waals surface area contributed by atoms with Gasteiger partial charge in [0, 0.05) is 11.6 Å². The van der Waals surface area contributed by atoms with Crippen LogP contribution >= 0.6 is 0 Å². The average Bonchev–Trinajstić information content (AvgIpc) is 2.36. The van der Waals surface area contributed by atoms with E-state index in [1.54, 1.807) is 24.3 Å². The van der Waals surface area contributed by atoms with Gasteiger partial charge in [0.1, 0.15) is 0 Å². The molecule has 0 fully saturated rings. The summed E-state index contributed by atoms with van der Waals surface area (Å²) in [6, 6.07) is 6.94. The van der Waals surface area contributed by atoms with Gasteiger partial charge in [-0.05, 0) is 6.07 Å². The fourth-order valence-corrected chi connectivity index (χ4v) is 1.33. The lowest BCUT2D eigenvalue weighted by Gasteiger charge is -2.15. The Bertz CT molecular complexity index is 545. The number of hydrogen-bond donors (Lipinski definition) is 1. The van der Waals surface area contributed by atoms with E-state index in [9.17, 15) is 17.6 Å². The van der Waals surface area contributed by atoms with Crippen LogP contribution in [0.5, 0.6) is 0 Å². The quantitative estimate of drug-likeness (QED) is 0.858. The summed E-state index contributed by atoms with van der Waals surface area (Å²) in [6.45, 7) is -1.21. The molecule has 0 radical (unpaired) electrons. The first-order chi connectivity index (χ1) is 8.49. The first-order valence-corrected chi connectivity index (χ1v) is 5.11. The molecule has 0 aliphatic rings. The van der Waals surface area contributed by atoms with Crippen LogP contribution in [0.15, 0.2) is 30.5 Å². The number of nitrogens with one attached hydrogen (secondary N) is 1. The van der Waals surface area contributed by atoms with Crippen molar-refractivity contribution >= 4 is 16.9 Å². The van der Waals surface area contributed by atoms with Crippen LogP contribution in [0.3, 0.4) is 0 Å². The predicted molar refractivity (Wildman–Crippen MR) is 59.0 cm³/mol. The number of para-hydroxylation sites is 1. The number of alkyl halides is 4. The second-order valence-electron chi connectivity index (χ2n) is 3.67. The number of fused-ring (bicyclic) bond motifs is 1. The molecule has 18 heavy (non-hydrogen) atoms. The maximum absolute atomic E-state index is 12.7. The molecule has 7 heteroatoms. The zero-order valence-electron chi connectivity index (χ0n) is 9.08. The van der Waals surface area contributed by atoms with Crippen molar-refractivity contribution in [2.24, 2.45) is 0 Å². The average molecular weight is 259 g/mol. The molecule has 0 unspecified atom stereocenters. The van der Waals surface area contributed by atoms with E-state index in [1.165, 1.54) is 6.20 Å². The molecular formula is C11H9F4N3. The molecule has 1 N–H and O–H groups in total. The molecule has 0 spiro atoms. The molecule has 0 bridgehead atoms. The Morgan fingerprint density at radius 2 is 1.94 bits per heavy atom. The van der Waals surface area contributed by atoms with E-state index in [1.807, 2.05) is 0 Å². The van der Waals surface area contributed by atoms with Gasteiger partial charge < -0.3 is 5.32 Å².